The Kier molecular flexibility index (Phi) is 10.9. The number of halogens is 1. The number of aliphatic imine (C=N–C) groups is 1. The molecule has 0 radical (unpaired) electrons. The molecule has 10 heteroatoms. The van der Waals surface area contributed by atoms with Gasteiger partial charge in [0.25, 0.3) is 0 Å². The number of guanidine groups is 1. The number of nitrogens with two attached hydrogens (primary N) is 1. The van der Waals surface area contributed by atoms with Gasteiger partial charge in [0.1, 0.15) is 0 Å². The normalized spacial score (nSPS) is 11.4. The summed E-state index contributed by atoms with van der Waals surface area (Å²) in [7, 11) is -0.509. The van der Waals surface area contributed by atoms with E-state index in [0.717, 1.165) is 17.5 Å². The molecule has 0 aliphatic rings. The molecule has 0 amide bonds. The van der Waals surface area contributed by atoms with Gasteiger partial charge in [-0.1, -0.05) is 18.2 Å². The van der Waals surface area contributed by atoms with Crippen LogP contribution in [0.15, 0.2) is 52.4 Å². The number of nitrogens with one attached hydrogen (secondary N) is 2. The molecule has 0 aliphatic heterocycles. The summed E-state index contributed by atoms with van der Waals surface area (Å²) in [6.45, 7) is 3.68. The van der Waals surface area contributed by atoms with Crippen LogP contribution in [0.1, 0.15) is 18.1 Å². The smallest absolute Gasteiger partial charge is 0.238 e. The SMILES string of the molecule is CCNC(=NCc1cccc(S(N)(=O)=O)c1)NCCc1ccc(OC)c(OC)c1.I. The first kappa shape index (κ1) is 26.0. The van der Waals surface area contributed by atoms with Gasteiger partial charge in [-0.25, -0.2) is 18.5 Å². The molecule has 2 aromatic rings. The number of benzene rings is 2. The summed E-state index contributed by atoms with van der Waals surface area (Å²) in [6.07, 6.45) is 0.770. The van der Waals surface area contributed by atoms with Gasteiger partial charge in [0, 0.05) is 13.1 Å². The highest BCUT2D eigenvalue weighted by atomic mass is 127. The highest BCUT2D eigenvalue weighted by molar-refractivity contribution is 14.0. The molecule has 0 unspecified atom stereocenters. The molecule has 0 spiro atoms. The minimum Gasteiger partial charge on any atom is -0.493 e. The maximum Gasteiger partial charge on any atom is 0.238 e. The van der Waals surface area contributed by atoms with Crippen molar-refractivity contribution in [1.29, 1.82) is 0 Å². The van der Waals surface area contributed by atoms with Crippen LogP contribution in [-0.2, 0) is 23.0 Å². The van der Waals surface area contributed by atoms with E-state index in [4.69, 9.17) is 14.6 Å². The van der Waals surface area contributed by atoms with E-state index in [1.807, 2.05) is 31.2 Å². The van der Waals surface area contributed by atoms with Gasteiger partial charge >= 0.3 is 0 Å². The van der Waals surface area contributed by atoms with Gasteiger partial charge in [0.05, 0.1) is 25.7 Å². The molecule has 0 atom stereocenters. The van der Waals surface area contributed by atoms with E-state index in [9.17, 15) is 8.42 Å². The fourth-order valence-electron chi connectivity index (χ4n) is 2.69. The first-order chi connectivity index (χ1) is 13.9. The highest BCUT2D eigenvalue weighted by Gasteiger charge is 2.08. The van der Waals surface area contributed by atoms with Crippen LogP contribution < -0.4 is 25.2 Å². The van der Waals surface area contributed by atoms with Crippen LogP contribution in [0.5, 0.6) is 11.5 Å². The summed E-state index contributed by atoms with van der Waals surface area (Å²) in [5.74, 6) is 2.04. The molecule has 0 fully saturated rings. The molecule has 0 saturated heterocycles. The van der Waals surface area contributed by atoms with Crippen LogP contribution in [0.25, 0.3) is 0 Å². The molecule has 2 rings (SSSR count). The second-order valence-electron chi connectivity index (χ2n) is 6.25. The fourth-order valence-corrected chi connectivity index (χ4v) is 3.28. The van der Waals surface area contributed by atoms with E-state index in [1.54, 1.807) is 20.3 Å². The zero-order valence-corrected chi connectivity index (χ0v) is 20.5. The molecule has 0 aromatic heterocycles. The number of nitrogens with zero attached hydrogens (tertiary/aromatic N) is 1. The quantitative estimate of drug-likeness (QED) is 0.252. The Morgan fingerprint density at radius 1 is 1.03 bits per heavy atom. The van der Waals surface area contributed by atoms with Crippen molar-refractivity contribution in [2.24, 2.45) is 10.1 Å². The molecule has 2 aromatic carbocycles. The van der Waals surface area contributed by atoms with Gasteiger partial charge in [0.2, 0.25) is 10.0 Å². The number of sulfonamides is 1. The summed E-state index contributed by atoms with van der Waals surface area (Å²) in [5, 5.41) is 11.6. The highest BCUT2D eigenvalue weighted by Crippen LogP contribution is 2.27. The van der Waals surface area contributed by atoms with Crippen molar-refractivity contribution in [3.8, 4) is 11.5 Å². The van der Waals surface area contributed by atoms with E-state index in [2.05, 4.69) is 15.6 Å². The van der Waals surface area contributed by atoms with Crippen molar-refractivity contribution in [3.05, 3.63) is 53.6 Å². The maximum absolute atomic E-state index is 11.5. The molecule has 0 bridgehead atoms. The van der Waals surface area contributed by atoms with Gasteiger partial charge < -0.3 is 20.1 Å². The zero-order chi connectivity index (χ0) is 21.3. The van der Waals surface area contributed by atoms with E-state index in [0.29, 0.717) is 37.1 Å². The summed E-state index contributed by atoms with van der Waals surface area (Å²) in [5.41, 5.74) is 1.86. The average Bonchev–Trinajstić information content (AvgIpc) is 2.71. The molecule has 30 heavy (non-hydrogen) atoms. The number of methoxy groups -OCH3 is 2. The summed E-state index contributed by atoms with van der Waals surface area (Å²) < 4.78 is 33.6. The van der Waals surface area contributed by atoms with Crippen LogP contribution >= 0.6 is 24.0 Å². The Labute approximate surface area is 195 Å². The van der Waals surface area contributed by atoms with Gasteiger partial charge in [-0.05, 0) is 48.7 Å². The van der Waals surface area contributed by atoms with Crippen LogP contribution in [0.4, 0.5) is 0 Å². The molecule has 0 saturated carbocycles. The molecule has 0 aliphatic carbocycles. The van der Waals surface area contributed by atoms with Crippen LogP contribution in [0.2, 0.25) is 0 Å². The Balaban J connectivity index is 0.00000450. The van der Waals surface area contributed by atoms with Crippen molar-refractivity contribution in [2.75, 3.05) is 27.3 Å². The third-order valence-corrected chi connectivity index (χ3v) is 5.06. The van der Waals surface area contributed by atoms with Gasteiger partial charge in [-0.2, -0.15) is 0 Å². The lowest BCUT2D eigenvalue weighted by Crippen LogP contribution is -2.38. The topological polar surface area (TPSA) is 115 Å². The third kappa shape index (κ3) is 8.00. The Morgan fingerprint density at radius 3 is 2.40 bits per heavy atom. The maximum atomic E-state index is 11.5. The van der Waals surface area contributed by atoms with E-state index >= 15 is 0 Å². The van der Waals surface area contributed by atoms with Crippen molar-refractivity contribution >= 4 is 40.0 Å². The monoisotopic (exact) mass is 548 g/mol. The zero-order valence-electron chi connectivity index (χ0n) is 17.3. The van der Waals surface area contributed by atoms with E-state index in [-0.39, 0.29) is 28.9 Å². The molecule has 8 nitrogen and oxygen atoms in total. The fraction of sp³-hybridized carbons (Fsp3) is 0.350. The molecule has 4 N–H and O–H groups in total. The van der Waals surface area contributed by atoms with Crippen LogP contribution in [-0.4, -0.2) is 41.7 Å². The Morgan fingerprint density at radius 2 is 1.77 bits per heavy atom. The molecular formula is C20H29IN4O4S. The predicted octanol–water partition coefficient (Wildman–Crippen LogP) is 2.27. The standard InChI is InChI=1S/C20H28N4O4S.HI/c1-4-22-20(24-14-16-6-5-7-17(12-16)29(21,25)26)23-11-10-15-8-9-18(27-2)19(13-15)28-3;/h5-9,12-13H,4,10-11,14H2,1-3H3,(H2,21,25,26)(H2,22,23,24);1H. The van der Waals surface area contributed by atoms with Crippen molar-refractivity contribution in [3.63, 3.8) is 0 Å². The minimum atomic E-state index is -3.73. The van der Waals surface area contributed by atoms with Gasteiger partial charge in [0.15, 0.2) is 17.5 Å². The third-order valence-electron chi connectivity index (χ3n) is 4.15. The lowest BCUT2D eigenvalue weighted by molar-refractivity contribution is 0.354. The number of hydrogen-bond donors (Lipinski definition) is 3. The van der Waals surface area contributed by atoms with E-state index < -0.39 is 10.0 Å². The lowest BCUT2D eigenvalue weighted by Gasteiger charge is -2.13. The minimum absolute atomic E-state index is 0. The molecular weight excluding hydrogens is 519 g/mol. The summed E-state index contributed by atoms with van der Waals surface area (Å²) in [6, 6.07) is 12.3. The Bertz CT molecular complexity index is 952. The summed E-state index contributed by atoms with van der Waals surface area (Å²) in [4.78, 5) is 4.59. The van der Waals surface area contributed by atoms with Crippen LogP contribution in [0, 0.1) is 0 Å². The van der Waals surface area contributed by atoms with Crippen molar-refractivity contribution in [1.82, 2.24) is 10.6 Å². The Hall–Kier alpha value is -2.05. The number of primary sulfonamides is 1. The summed E-state index contributed by atoms with van der Waals surface area (Å²) >= 11 is 0. The van der Waals surface area contributed by atoms with Crippen LogP contribution in [0.3, 0.4) is 0 Å². The second-order valence-corrected chi connectivity index (χ2v) is 7.82. The number of rotatable bonds is 9. The van der Waals surface area contributed by atoms with E-state index in [1.165, 1.54) is 12.1 Å². The average molecular weight is 548 g/mol. The predicted molar refractivity (Wildman–Crippen MR) is 129 cm³/mol. The second kappa shape index (κ2) is 12.6. The largest absolute Gasteiger partial charge is 0.493 e. The van der Waals surface area contributed by atoms with Crippen molar-refractivity contribution < 1.29 is 17.9 Å². The number of hydrogen-bond acceptors (Lipinski definition) is 5. The lowest BCUT2D eigenvalue weighted by atomic mass is 10.1. The first-order valence-electron chi connectivity index (χ1n) is 9.22. The first-order valence-corrected chi connectivity index (χ1v) is 10.8. The number of ether oxygens (including phenoxy) is 2. The van der Waals surface area contributed by atoms with Crippen molar-refractivity contribution in [2.45, 2.75) is 24.8 Å². The van der Waals surface area contributed by atoms with Gasteiger partial charge in [-0.15, -0.1) is 24.0 Å². The molecule has 0 heterocycles. The molecule has 166 valence electrons. The van der Waals surface area contributed by atoms with Gasteiger partial charge in [-0.3, -0.25) is 0 Å².